The van der Waals surface area contributed by atoms with E-state index in [1.54, 1.807) is 6.07 Å². The Bertz CT molecular complexity index is 401. The number of rotatable bonds is 3. The predicted octanol–water partition coefficient (Wildman–Crippen LogP) is 4.44. The fourth-order valence-corrected chi connectivity index (χ4v) is 2.57. The van der Waals surface area contributed by atoms with Crippen LogP contribution in [0.3, 0.4) is 0 Å². The molecule has 88 valence electrons. The van der Waals surface area contributed by atoms with Crippen LogP contribution in [0.2, 0.25) is 10.0 Å². The first-order chi connectivity index (χ1) is 7.40. The van der Waals surface area contributed by atoms with E-state index in [0.717, 1.165) is 10.6 Å². The smallest absolute Gasteiger partial charge is 0.0468 e. The summed E-state index contributed by atoms with van der Waals surface area (Å²) in [6.07, 6.45) is 1.24. The van der Waals surface area contributed by atoms with Crippen molar-refractivity contribution in [1.82, 2.24) is 5.32 Å². The molecule has 0 bridgehead atoms. The van der Waals surface area contributed by atoms with Gasteiger partial charge in [0.2, 0.25) is 0 Å². The lowest BCUT2D eigenvalue weighted by molar-refractivity contribution is 0.492. The van der Waals surface area contributed by atoms with Crippen molar-refractivity contribution >= 4 is 23.2 Å². The highest BCUT2D eigenvalue weighted by Crippen LogP contribution is 2.46. The van der Waals surface area contributed by atoms with Crippen molar-refractivity contribution in [1.29, 1.82) is 0 Å². The third-order valence-electron chi connectivity index (χ3n) is 3.39. The molecule has 0 aliphatic heterocycles. The van der Waals surface area contributed by atoms with E-state index in [-0.39, 0.29) is 6.04 Å². The second-order valence-electron chi connectivity index (χ2n) is 5.30. The Balaban J connectivity index is 2.06. The first-order valence-electron chi connectivity index (χ1n) is 5.61. The first-order valence-corrected chi connectivity index (χ1v) is 6.37. The average molecular weight is 258 g/mol. The zero-order valence-electron chi connectivity index (χ0n) is 9.85. The van der Waals surface area contributed by atoms with E-state index in [2.05, 4.69) is 26.1 Å². The van der Waals surface area contributed by atoms with Crippen LogP contribution in [0.15, 0.2) is 18.2 Å². The van der Waals surface area contributed by atoms with Gasteiger partial charge in [-0.05, 0) is 36.5 Å². The van der Waals surface area contributed by atoms with Crippen molar-refractivity contribution in [3.8, 4) is 0 Å². The van der Waals surface area contributed by atoms with E-state index >= 15 is 0 Å². The van der Waals surface area contributed by atoms with E-state index in [1.165, 1.54) is 6.42 Å². The van der Waals surface area contributed by atoms with Crippen LogP contribution in [0, 0.1) is 5.41 Å². The molecule has 1 fully saturated rings. The van der Waals surface area contributed by atoms with Crippen LogP contribution in [0.25, 0.3) is 0 Å². The molecule has 0 aromatic heterocycles. The van der Waals surface area contributed by atoms with Crippen molar-refractivity contribution in [3.05, 3.63) is 33.8 Å². The molecule has 1 aliphatic carbocycles. The SMILES string of the molecule is CC(NC1CC1(C)C)c1ccc(Cl)cc1Cl. The van der Waals surface area contributed by atoms with Gasteiger partial charge in [0, 0.05) is 22.1 Å². The maximum atomic E-state index is 6.17. The number of hydrogen-bond acceptors (Lipinski definition) is 1. The molecule has 1 N–H and O–H groups in total. The molecule has 1 saturated carbocycles. The normalized spacial score (nSPS) is 24.2. The standard InChI is InChI=1S/C13H17Cl2N/c1-8(16-12-7-13(12,2)3)10-5-4-9(14)6-11(10)15/h4-6,8,12,16H,7H2,1-3H3. The van der Waals surface area contributed by atoms with Crippen molar-refractivity contribution in [2.75, 3.05) is 0 Å². The molecule has 1 aromatic rings. The van der Waals surface area contributed by atoms with E-state index in [0.29, 0.717) is 16.5 Å². The molecule has 1 nitrogen and oxygen atoms in total. The summed E-state index contributed by atoms with van der Waals surface area (Å²) in [7, 11) is 0. The summed E-state index contributed by atoms with van der Waals surface area (Å²) in [6.45, 7) is 6.70. The van der Waals surface area contributed by atoms with Crippen LogP contribution in [0.5, 0.6) is 0 Å². The zero-order chi connectivity index (χ0) is 11.9. The third-order valence-corrected chi connectivity index (χ3v) is 3.96. The Morgan fingerprint density at radius 2 is 2.00 bits per heavy atom. The molecule has 0 saturated heterocycles. The lowest BCUT2D eigenvalue weighted by Gasteiger charge is -2.17. The van der Waals surface area contributed by atoms with Crippen LogP contribution in [-0.2, 0) is 0 Å². The molecule has 0 heterocycles. The Labute approximate surface area is 107 Å². The maximum Gasteiger partial charge on any atom is 0.0468 e. The number of hydrogen-bond donors (Lipinski definition) is 1. The summed E-state index contributed by atoms with van der Waals surface area (Å²) in [5.41, 5.74) is 1.56. The van der Waals surface area contributed by atoms with Crippen molar-refractivity contribution < 1.29 is 0 Å². The van der Waals surface area contributed by atoms with Gasteiger partial charge in [-0.3, -0.25) is 0 Å². The van der Waals surface area contributed by atoms with Gasteiger partial charge in [-0.15, -0.1) is 0 Å². The molecule has 0 amide bonds. The molecule has 2 unspecified atom stereocenters. The fourth-order valence-electron chi connectivity index (χ4n) is 2.00. The van der Waals surface area contributed by atoms with E-state index in [1.807, 2.05) is 12.1 Å². The topological polar surface area (TPSA) is 12.0 Å². The van der Waals surface area contributed by atoms with Crippen molar-refractivity contribution in [2.24, 2.45) is 5.41 Å². The molecule has 16 heavy (non-hydrogen) atoms. The lowest BCUT2D eigenvalue weighted by Crippen LogP contribution is -2.24. The summed E-state index contributed by atoms with van der Waals surface area (Å²) < 4.78 is 0. The minimum Gasteiger partial charge on any atom is -0.307 e. The van der Waals surface area contributed by atoms with Gasteiger partial charge in [0.25, 0.3) is 0 Å². The van der Waals surface area contributed by atoms with Gasteiger partial charge in [0.1, 0.15) is 0 Å². The summed E-state index contributed by atoms with van der Waals surface area (Å²) in [6, 6.07) is 6.57. The van der Waals surface area contributed by atoms with E-state index < -0.39 is 0 Å². The zero-order valence-corrected chi connectivity index (χ0v) is 11.4. The number of nitrogens with one attached hydrogen (secondary N) is 1. The van der Waals surface area contributed by atoms with Crippen LogP contribution < -0.4 is 5.32 Å². The fraction of sp³-hybridized carbons (Fsp3) is 0.538. The highest BCUT2D eigenvalue weighted by molar-refractivity contribution is 6.35. The minimum absolute atomic E-state index is 0.275. The molecule has 0 spiro atoms. The van der Waals surface area contributed by atoms with Gasteiger partial charge in [-0.1, -0.05) is 43.1 Å². The first kappa shape index (κ1) is 12.2. The van der Waals surface area contributed by atoms with Crippen molar-refractivity contribution in [3.63, 3.8) is 0 Å². The third kappa shape index (κ3) is 2.53. The van der Waals surface area contributed by atoms with Gasteiger partial charge in [-0.2, -0.15) is 0 Å². The highest BCUT2D eigenvalue weighted by Gasteiger charge is 2.45. The van der Waals surface area contributed by atoms with E-state index in [4.69, 9.17) is 23.2 Å². The second kappa shape index (κ2) is 4.21. The summed E-state index contributed by atoms with van der Waals surface area (Å²) in [4.78, 5) is 0. The summed E-state index contributed by atoms with van der Waals surface area (Å²) in [5, 5.41) is 5.02. The predicted molar refractivity (Wildman–Crippen MR) is 70.2 cm³/mol. The average Bonchev–Trinajstić information content (AvgIpc) is 2.72. The molecule has 2 atom stereocenters. The largest absolute Gasteiger partial charge is 0.307 e. The monoisotopic (exact) mass is 257 g/mol. The quantitative estimate of drug-likeness (QED) is 0.844. The van der Waals surface area contributed by atoms with E-state index in [9.17, 15) is 0 Å². The Morgan fingerprint density at radius 3 is 2.50 bits per heavy atom. The minimum atomic E-state index is 0.275. The van der Waals surface area contributed by atoms with Crippen LogP contribution in [-0.4, -0.2) is 6.04 Å². The van der Waals surface area contributed by atoms with Crippen LogP contribution in [0.1, 0.15) is 38.8 Å². The number of benzene rings is 1. The molecular weight excluding hydrogens is 241 g/mol. The molecule has 2 rings (SSSR count). The molecule has 1 aromatic carbocycles. The second-order valence-corrected chi connectivity index (χ2v) is 6.14. The summed E-state index contributed by atoms with van der Waals surface area (Å²) >= 11 is 12.1. The van der Waals surface area contributed by atoms with Gasteiger partial charge >= 0.3 is 0 Å². The van der Waals surface area contributed by atoms with Crippen molar-refractivity contribution in [2.45, 2.75) is 39.3 Å². The molecular formula is C13H17Cl2N. The Hall–Kier alpha value is -0.240. The molecule has 1 aliphatic rings. The Morgan fingerprint density at radius 1 is 1.38 bits per heavy atom. The summed E-state index contributed by atoms with van der Waals surface area (Å²) in [5.74, 6) is 0. The molecule has 0 radical (unpaired) electrons. The highest BCUT2D eigenvalue weighted by atomic mass is 35.5. The molecule has 3 heteroatoms. The Kier molecular flexibility index (Phi) is 3.22. The lowest BCUT2D eigenvalue weighted by atomic mass is 10.1. The van der Waals surface area contributed by atoms with Gasteiger partial charge in [0.15, 0.2) is 0 Å². The van der Waals surface area contributed by atoms with Gasteiger partial charge < -0.3 is 5.32 Å². The number of halogens is 2. The van der Waals surface area contributed by atoms with Gasteiger partial charge in [0.05, 0.1) is 0 Å². The van der Waals surface area contributed by atoms with Crippen LogP contribution >= 0.6 is 23.2 Å². The van der Waals surface area contributed by atoms with Gasteiger partial charge in [-0.25, -0.2) is 0 Å². The van der Waals surface area contributed by atoms with Crippen LogP contribution in [0.4, 0.5) is 0 Å². The maximum absolute atomic E-state index is 6.17.